The van der Waals surface area contributed by atoms with Crippen LogP contribution >= 0.6 is 15.9 Å². The van der Waals surface area contributed by atoms with Gasteiger partial charge in [0.15, 0.2) is 5.82 Å². The molecule has 0 fully saturated rings. The normalized spacial score (nSPS) is 11.0. The van der Waals surface area contributed by atoms with Gasteiger partial charge in [-0.25, -0.2) is 9.97 Å². The van der Waals surface area contributed by atoms with Crippen LogP contribution in [0.25, 0.3) is 22.3 Å². The molecule has 21 heavy (non-hydrogen) atoms. The third-order valence-electron chi connectivity index (χ3n) is 3.37. The number of hydrogen-bond acceptors (Lipinski definition) is 4. The number of anilines is 1. The molecule has 0 unspecified atom stereocenters. The molecule has 0 spiro atoms. The van der Waals surface area contributed by atoms with Gasteiger partial charge in [0.25, 0.3) is 0 Å². The molecule has 0 aliphatic heterocycles. The molecule has 0 bridgehead atoms. The molecule has 0 saturated carbocycles. The van der Waals surface area contributed by atoms with Gasteiger partial charge in [-0.3, -0.25) is 4.98 Å². The summed E-state index contributed by atoms with van der Waals surface area (Å²) in [4.78, 5) is 13.5. The quantitative estimate of drug-likeness (QED) is 0.766. The largest absolute Gasteiger partial charge is 0.383 e. The Morgan fingerprint density at radius 1 is 1.10 bits per heavy atom. The maximum Gasteiger partial charge on any atom is 0.161 e. The summed E-state index contributed by atoms with van der Waals surface area (Å²) in [7, 11) is 0. The number of aromatic nitrogens is 3. The van der Waals surface area contributed by atoms with Gasteiger partial charge in [-0.15, -0.1) is 0 Å². The summed E-state index contributed by atoms with van der Waals surface area (Å²) in [6, 6.07) is 10.1. The Morgan fingerprint density at radius 2 is 1.90 bits per heavy atom. The van der Waals surface area contributed by atoms with Crippen molar-refractivity contribution in [1.29, 1.82) is 0 Å². The molecule has 2 N–H and O–H groups in total. The number of rotatable bonds is 2. The zero-order chi connectivity index (χ0) is 15.0. The van der Waals surface area contributed by atoms with E-state index in [1.54, 1.807) is 0 Å². The van der Waals surface area contributed by atoms with Crippen molar-refractivity contribution in [2.24, 2.45) is 0 Å². The number of halogens is 1. The van der Waals surface area contributed by atoms with Crippen LogP contribution in [0.15, 0.2) is 34.8 Å². The fourth-order valence-corrected chi connectivity index (χ4v) is 2.70. The van der Waals surface area contributed by atoms with E-state index in [0.29, 0.717) is 11.6 Å². The first kappa shape index (κ1) is 13.9. The van der Waals surface area contributed by atoms with Crippen LogP contribution in [0, 0.1) is 6.92 Å². The molecular weight excluding hydrogens is 328 g/mol. The number of nitrogen functional groups attached to an aromatic ring is 1. The minimum Gasteiger partial charge on any atom is -0.383 e. The maximum absolute atomic E-state index is 5.96. The standard InChI is InChI=1S/C16H15BrN4/c1-3-12-14(17)15(18)21-16(20-12)11-6-7-13-10(8-11)5-4-9(2)19-13/h4-8H,3H2,1-2H3,(H2,18,20,21). The number of benzene rings is 1. The number of fused-ring (bicyclic) bond motifs is 1. The predicted octanol–water partition coefficient (Wildman–Crippen LogP) is 3.91. The van der Waals surface area contributed by atoms with E-state index < -0.39 is 0 Å². The second kappa shape index (κ2) is 5.41. The molecule has 0 radical (unpaired) electrons. The van der Waals surface area contributed by atoms with Crippen molar-refractivity contribution in [3.05, 3.63) is 46.2 Å². The second-order valence-electron chi connectivity index (χ2n) is 4.91. The Bertz CT molecular complexity index is 830. The van der Waals surface area contributed by atoms with Crippen LogP contribution in [0.5, 0.6) is 0 Å². The van der Waals surface area contributed by atoms with Crippen LogP contribution in [0.2, 0.25) is 0 Å². The van der Waals surface area contributed by atoms with E-state index >= 15 is 0 Å². The summed E-state index contributed by atoms with van der Waals surface area (Å²) in [6.07, 6.45) is 0.800. The highest BCUT2D eigenvalue weighted by Gasteiger charge is 2.10. The lowest BCUT2D eigenvalue weighted by Crippen LogP contribution is -2.02. The highest BCUT2D eigenvalue weighted by Crippen LogP contribution is 2.27. The van der Waals surface area contributed by atoms with E-state index in [1.165, 1.54) is 0 Å². The summed E-state index contributed by atoms with van der Waals surface area (Å²) in [6.45, 7) is 4.03. The molecular formula is C16H15BrN4. The van der Waals surface area contributed by atoms with Crippen LogP contribution in [0.4, 0.5) is 5.82 Å². The monoisotopic (exact) mass is 342 g/mol. The predicted molar refractivity (Wildman–Crippen MR) is 89.0 cm³/mol. The first-order chi connectivity index (χ1) is 10.1. The molecule has 5 heteroatoms. The third-order valence-corrected chi connectivity index (χ3v) is 4.23. The van der Waals surface area contributed by atoms with Gasteiger partial charge < -0.3 is 5.73 Å². The lowest BCUT2D eigenvalue weighted by Gasteiger charge is -2.08. The molecule has 1 aromatic carbocycles. The lowest BCUT2D eigenvalue weighted by atomic mass is 10.1. The Labute approximate surface area is 131 Å². The molecule has 4 nitrogen and oxygen atoms in total. The van der Waals surface area contributed by atoms with Crippen molar-refractivity contribution in [2.45, 2.75) is 20.3 Å². The molecule has 0 amide bonds. The highest BCUT2D eigenvalue weighted by atomic mass is 79.9. The van der Waals surface area contributed by atoms with E-state index in [2.05, 4.69) is 36.9 Å². The topological polar surface area (TPSA) is 64.7 Å². The molecule has 106 valence electrons. The van der Waals surface area contributed by atoms with E-state index in [1.807, 2.05) is 38.1 Å². The third kappa shape index (κ3) is 2.61. The van der Waals surface area contributed by atoms with Gasteiger partial charge in [0.05, 0.1) is 15.7 Å². The van der Waals surface area contributed by atoms with Gasteiger partial charge >= 0.3 is 0 Å². The average Bonchev–Trinajstić information content (AvgIpc) is 2.49. The number of nitrogens with two attached hydrogens (primary N) is 1. The summed E-state index contributed by atoms with van der Waals surface area (Å²) >= 11 is 3.43. The van der Waals surface area contributed by atoms with Crippen molar-refractivity contribution >= 4 is 32.7 Å². The zero-order valence-corrected chi connectivity index (χ0v) is 13.5. The van der Waals surface area contributed by atoms with E-state index in [-0.39, 0.29) is 0 Å². The Morgan fingerprint density at radius 3 is 2.67 bits per heavy atom. The fraction of sp³-hybridized carbons (Fsp3) is 0.188. The Balaban J connectivity index is 2.16. The molecule has 2 aromatic heterocycles. The SMILES string of the molecule is CCc1nc(-c2ccc3nc(C)ccc3c2)nc(N)c1Br. The summed E-state index contributed by atoms with van der Waals surface area (Å²) in [5.41, 5.74) is 9.80. The van der Waals surface area contributed by atoms with E-state index in [9.17, 15) is 0 Å². The second-order valence-corrected chi connectivity index (χ2v) is 5.70. The molecule has 0 saturated heterocycles. The van der Waals surface area contributed by atoms with Crippen molar-refractivity contribution < 1.29 is 0 Å². The van der Waals surface area contributed by atoms with Gasteiger partial charge in [0, 0.05) is 16.6 Å². The van der Waals surface area contributed by atoms with Crippen molar-refractivity contribution in [3.63, 3.8) is 0 Å². The average molecular weight is 343 g/mol. The summed E-state index contributed by atoms with van der Waals surface area (Å²) in [5.74, 6) is 1.12. The summed E-state index contributed by atoms with van der Waals surface area (Å²) in [5, 5.41) is 1.07. The molecule has 0 atom stereocenters. The van der Waals surface area contributed by atoms with Gasteiger partial charge in [0.2, 0.25) is 0 Å². The molecule has 2 heterocycles. The highest BCUT2D eigenvalue weighted by molar-refractivity contribution is 9.10. The first-order valence-corrected chi connectivity index (χ1v) is 7.57. The van der Waals surface area contributed by atoms with E-state index in [0.717, 1.165) is 38.7 Å². The van der Waals surface area contributed by atoms with E-state index in [4.69, 9.17) is 5.73 Å². The van der Waals surface area contributed by atoms with Crippen LogP contribution in [-0.2, 0) is 6.42 Å². The van der Waals surface area contributed by atoms with Crippen LogP contribution in [0.1, 0.15) is 18.3 Å². The number of nitrogens with zero attached hydrogens (tertiary/aromatic N) is 3. The number of aryl methyl sites for hydroxylation is 2. The minimum atomic E-state index is 0.471. The van der Waals surface area contributed by atoms with Crippen LogP contribution in [0.3, 0.4) is 0 Å². The minimum absolute atomic E-state index is 0.471. The van der Waals surface area contributed by atoms with Crippen LogP contribution in [-0.4, -0.2) is 15.0 Å². The molecule has 0 aliphatic rings. The van der Waals surface area contributed by atoms with Crippen LogP contribution < -0.4 is 5.73 Å². The smallest absolute Gasteiger partial charge is 0.161 e. The summed E-state index contributed by atoms with van der Waals surface area (Å²) < 4.78 is 0.784. The van der Waals surface area contributed by atoms with Gasteiger partial charge in [0.1, 0.15) is 5.82 Å². The van der Waals surface area contributed by atoms with Gasteiger partial charge in [-0.1, -0.05) is 13.0 Å². The molecule has 0 aliphatic carbocycles. The fourth-order valence-electron chi connectivity index (χ4n) is 2.24. The molecule has 3 rings (SSSR count). The first-order valence-electron chi connectivity index (χ1n) is 6.78. The van der Waals surface area contributed by atoms with Crippen molar-refractivity contribution in [2.75, 3.05) is 5.73 Å². The lowest BCUT2D eigenvalue weighted by molar-refractivity contribution is 0.996. The Hall–Kier alpha value is -2.01. The Kier molecular flexibility index (Phi) is 3.59. The number of pyridine rings is 1. The van der Waals surface area contributed by atoms with Gasteiger partial charge in [-0.05, 0) is 53.5 Å². The van der Waals surface area contributed by atoms with Gasteiger partial charge in [-0.2, -0.15) is 0 Å². The maximum atomic E-state index is 5.96. The van der Waals surface area contributed by atoms with Crippen molar-refractivity contribution in [1.82, 2.24) is 15.0 Å². The zero-order valence-electron chi connectivity index (χ0n) is 11.9. The molecule has 3 aromatic rings. The van der Waals surface area contributed by atoms with Crippen molar-refractivity contribution in [3.8, 4) is 11.4 Å². The number of hydrogen-bond donors (Lipinski definition) is 1.